The maximum Gasteiger partial charge on any atom is 0.324 e. The van der Waals surface area contributed by atoms with E-state index in [2.05, 4.69) is 19.2 Å². The molecule has 31 heavy (non-hydrogen) atoms. The van der Waals surface area contributed by atoms with Gasteiger partial charge in [-0.3, -0.25) is 9.69 Å². The number of hydrogen-bond donors (Lipinski definition) is 1. The molecular formula is C25H37N3O3. The van der Waals surface area contributed by atoms with E-state index >= 15 is 0 Å². The number of carbonyl (C=O) groups excluding carboxylic acids is 2. The Morgan fingerprint density at radius 2 is 1.81 bits per heavy atom. The minimum Gasteiger partial charge on any atom is -0.487 e. The van der Waals surface area contributed by atoms with E-state index in [1.807, 2.05) is 41.8 Å². The Morgan fingerprint density at radius 1 is 1.06 bits per heavy atom. The number of urea groups is 1. The molecule has 1 saturated carbocycles. The topological polar surface area (TPSA) is 61.9 Å². The van der Waals surface area contributed by atoms with E-state index in [0.717, 1.165) is 36.3 Å². The summed E-state index contributed by atoms with van der Waals surface area (Å²) in [6.07, 6.45) is 4.97. The molecule has 4 rings (SSSR count). The third-order valence-electron chi connectivity index (χ3n) is 7.57. The number of likely N-dealkylation sites (tertiary alicyclic amines) is 1. The van der Waals surface area contributed by atoms with Gasteiger partial charge in [-0.25, -0.2) is 4.79 Å². The lowest BCUT2D eigenvalue weighted by atomic mass is 9.78. The summed E-state index contributed by atoms with van der Waals surface area (Å²) in [5, 5.41) is 3.33. The molecule has 0 aromatic heterocycles. The standard InChI is InChI=1S/C25H37N3O3/c1-16-8-9-23-22(14-16)28(15-18(3)31-23)25(30)27-12-10-20(11-13-27)24(29)26-21-7-5-6-17(2)19(21)4/h8-9,14,17-21H,5-7,10-13,15H2,1-4H3,(H,26,29)/t17-,18+,19-,21+/m0/s1. The van der Waals surface area contributed by atoms with Crippen LogP contribution in [0, 0.1) is 24.7 Å². The maximum atomic E-state index is 13.3. The van der Waals surface area contributed by atoms with Crippen molar-refractivity contribution in [2.45, 2.75) is 71.9 Å². The number of anilines is 1. The lowest BCUT2D eigenvalue weighted by Gasteiger charge is -2.40. The Balaban J connectivity index is 1.35. The molecule has 0 spiro atoms. The van der Waals surface area contributed by atoms with E-state index in [1.54, 1.807) is 0 Å². The second-order valence-electron chi connectivity index (χ2n) is 9.94. The molecule has 3 aliphatic rings. The van der Waals surface area contributed by atoms with Crippen LogP contribution >= 0.6 is 0 Å². The third kappa shape index (κ3) is 4.68. The number of carbonyl (C=O) groups is 2. The zero-order chi connectivity index (χ0) is 22.1. The summed E-state index contributed by atoms with van der Waals surface area (Å²) in [5.41, 5.74) is 1.96. The van der Waals surface area contributed by atoms with Gasteiger partial charge in [0.05, 0.1) is 12.2 Å². The predicted octanol–water partition coefficient (Wildman–Crippen LogP) is 4.36. The number of rotatable bonds is 2. The highest BCUT2D eigenvalue weighted by atomic mass is 16.5. The van der Waals surface area contributed by atoms with Crippen LogP contribution in [-0.4, -0.2) is 48.6 Å². The molecule has 4 atom stereocenters. The van der Waals surface area contributed by atoms with Crippen molar-refractivity contribution in [3.8, 4) is 5.75 Å². The van der Waals surface area contributed by atoms with Crippen LogP contribution in [0.15, 0.2) is 18.2 Å². The quantitative estimate of drug-likeness (QED) is 0.763. The summed E-state index contributed by atoms with van der Waals surface area (Å²) in [7, 11) is 0. The Hall–Kier alpha value is -2.24. The van der Waals surface area contributed by atoms with Crippen molar-refractivity contribution in [3.05, 3.63) is 23.8 Å². The highest BCUT2D eigenvalue weighted by Gasteiger charge is 2.35. The SMILES string of the molecule is Cc1ccc2c(c1)N(C(=O)N1CCC(C(=O)N[C@@H]3CCC[C@H](C)[C@@H]3C)CC1)C[C@@H](C)O2. The lowest BCUT2D eigenvalue weighted by Crippen LogP contribution is -2.53. The first-order chi connectivity index (χ1) is 14.8. The Morgan fingerprint density at radius 3 is 2.55 bits per heavy atom. The summed E-state index contributed by atoms with van der Waals surface area (Å²) in [5.74, 6) is 2.15. The minimum absolute atomic E-state index is 0.00614. The predicted molar refractivity (Wildman–Crippen MR) is 122 cm³/mol. The zero-order valence-corrected chi connectivity index (χ0v) is 19.4. The molecule has 0 radical (unpaired) electrons. The van der Waals surface area contributed by atoms with Gasteiger partial charge < -0.3 is 15.0 Å². The zero-order valence-electron chi connectivity index (χ0n) is 19.4. The molecule has 1 aromatic carbocycles. The highest BCUT2D eigenvalue weighted by molar-refractivity contribution is 5.94. The van der Waals surface area contributed by atoms with Gasteiger partial charge in [-0.05, 0) is 62.6 Å². The van der Waals surface area contributed by atoms with E-state index in [0.29, 0.717) is 37.5 Å². The average molecular weight is 428 g/mol. The Labute approximate surface area is 186 Å². The fourth-order valence-electron chi connectivity index (χ4n) is 5.32. The van der Waals surface area contributed by atoms with Crippen molar-refractivity contribution in [2.24, 2.45) is 17.8 Å². The fourth-order valence-corrected chi connectivity index (χ4v) is 5.32. The Bertz CT molecular complexity index is 818. The molecule has 1 N–H and O–H groups in total. The van der Waals surface area contributed by atoms with Gasteiger partial charge >= 0.3 is 6.03 Å². The van der Waals surface area contributed by atoms with E-state index < -0.39 is 0 Å². The summed E-state index contributed by atoms with van der Waals surface area (Å²) in [6.45, 7) is 10.4. The number of aryl methyl sites for hydroxylation is 1. The molecule has 0 bridgehead atoms. The van der Waals surface area contributed by atoms with Crippen LogP contribution in [0.4, 0.5) is 10.5 Å². The molecule has 1 aliphatic carbocycles. The second-order valence-corrected chi connectivity index (χ2v) is 9.94. The van der Waals surface area contributed by atoms with Gasteiger partial charge in [0.25, 0.3) is 0 Å². The van der Waals surface area contributed by atoms with E-state index in [1.165, 1.54) is 12.8 Å². The van der Waals surface area contributed by atoms with Crippen molar-refractivity contribution in [1.82, 2.24) is 10.2 Å². The number of fused-ring (bicyclic) bond motifs is 1. The first kappa shape index (κ1) is 22.0. The molecule has 2 fully saturated rings. The van der Waals surface area contributed by atoms with E-state index in [9.17, 15) is 9.59 Å². The molecule has 6 heteroatoms. The van der Waals surface area contributed by atoms with Crippen LogP contribution in [0.2, 0.25) is 0 Å². The molecule has 170 valence electrons. The summed E-state index contributed by atoms with van der Waals surface area (Å²) in [4.78, 5) is 30.0. The molecule has 0 unspecified atom stereocenters. The maximum absolute atomic E-state index is 13.3. The smallest absolute Gasteiger partial charge is 0.324 e. The first-order valence-corrected chi connectivity index (χ1v) is 12.0. The normalized spacial score (nSPS) is 29.2. The van der Waals surface area contributed by atoms with Crippen molar-refractivity contribution in [1.29, 1.82) is 0 Å². The Kier molecular flexibility index (Phi) is 6.44. The highest BCUT2D eigenvalue weighted by Crippen LogP contribution is 2.35. The number of nitrogens with zero attached hydrogens (tertiary/aromatic N) is 2. The van der Waals surface area contributed by atoms with Crippen molar-refractivity contribution in [2.75, 3.05) is 24.5 Å². The number of benzene rings is 1. The lowest BCUT2D eigenvalue weighted by molar-refractivity contribution is -0.127. The molecule has 2 heterocycles. The number of piperidine rings is 1. The van der Waals surface area contributed by atoms with Crippen LogP contribution in [0.25, 0.3) is 0 Å². The number of ether oxygens (including phenoxy) is 1. The molecule has 1 saturated heterocycles. The average Bonchev–Trinajstić information content (AvgIpc) is 2.76. The second kappa shape index (κ2) is 9.09. The van der Waals surface area contributed by atoms with Crippen LogP contribution in [0.1, 0.15) is 58.4 Å². The third-order valence-corrected chi connectivity index (χ3v) is 7.57. The molecule has 6 nitrogen and oxygen atoms in total. The summed E-state index contributed by atoms with van der Waals surface area (Å²) < 4.78 is 5.93. The van der Waals surface area contributed by atoms with E-state index in [-0.39, 0.29) is 24.0 Å². The van der Waals surface area contributed by atoms with E-state index in [4.69, 9.17) is 4.74 Å². The van der Waals surface area contributed by atoms with Gasteiger partial charge in [0.1, 0.15) is 11.9 Å². The molecule has 2 aliphatic heterocycles. The van der Waals surface area contributed by atoms with Gasteiger partial charge in [0.2, 0.25) is 5.91 Å². The minimum atomic E-state index is -0.0395. The fraction of sp³-hybridized carbons (Fsp3) is 0.680. The van der Waals surface area contributed by atoms with Gasteiger partial charge in [0, 0.05) is 25.0 Å². The van der Waals surface area contributed by atoms with Crippen LogP contribution < -0.4 is 15.0 Å². The van der Waals surface area contributed by atoms with Crippen LogP contribution in [0.3, 0.4) is 0 Å². The first-order valence-electron chi connectivity index (χ1n) is 12.0. The van der Waals surface area contributed by atoms with Crippen LogP contribution in [0.5, 0.6) is 5.75 Å². The summed E-state index contributed by atoms with van der Waals surface area (Å²) in [6, 6.07) is 6.30. The molecular weight excluding hydrogens is 390 g/mol. The number of amides is 3. The molecule has 1 aromatic rings. The van der Waals surface area contributed by atoms with Crippen molar-refractivity contribution < 1.29 is 14.3 Å². The number of nitrogens with one attached hydrogen (secondary N) is 1. The van der Waals surface area contributed by atoms with Gasteiger partial charge in [0.15, 0.2) is 0 Å². The van der Waals surface area contributed by atoms with Gasteiger partial charge in [-0.1, -0.05) is 32.8 Å². The largest absolute Gasteiger partial charge is 0.487 e. The molecule has 3 amide bonds. The monoisotopic (exact) mass is 427 g/mol. The summed E-state index contributed by atoms with van der Waals surface area (Å²) >= 11 is 0. The van der Waals surface area contributed by atoms with Gasteiger partial charge in [-0.2, -0.15) is 0 Å². The van der Waals surface area contributed by atoms with Gasteiger partial charge in [-0.15, -0.1) is 0 Å². The van der Waals surface area contributed by atoms with Crippen LogP contribution in [-0.2, 0) is 4.79 Å². The van der Waals surface area contributed by atoms with Crippen molar-refractivity contribution >= 4 is 17.6 Å². The van der Waals surface area contributed by atoms with Crippen molar-refractivity contribution in [3.63, 3.8) is 0 Å². The number of hydrogen-bond acceptors (Lipinski definition) is 3.